The third kappa shape index (κ3) is 4.05. The van der Waals surface area contributed by atoms with Crippen LogP contribution in [0.15, 0.2) is 18.2 Å². The highest BCUT2D eigenvalue weighted by atomic mass is 19.1. The predicted octanol–water partition coefficient (Wildman–Crippen LogP) is 2.97. The lowest BCUT2D eigenvalue weighted by atomic mass is 9.83. The molecule has 1 saturated heterocycles. The maximum Gasteiger partial charge on any atom is 0.328 e. The number of fused-ring (bicyclic) bond motifs is 1. The summed E-state index contributed by atoms with van der Waals surface area (Å²) in [5, 5.41) is 2.77. The van der Waals surface area contributed by atoms with E-state index in [-0.39, 0.29) is 12.2 Å². The van der Waals surface area contributed by atoms with Crippen molar-refractivity contribution >= 4 is 24.1 Å². The predicted molar refractivity (Wildman–Crippen MR) is 113 cm³/mol. The fourth-order valence-corrected chi connectivity index (χ4v) is 4.86. The van der Waals surface area contributed by atoms with E-state index in [4.69, 9.17) is 4.74 Å². The first-order chi connectivity index (χ1) is 14.8. The Morgan fingerprint density at radius 1 is 1.29 bits per heavy atom. The molecule has 3 aliphatic rings. The van der Waals surface area contributed by atoms with Gasteiger partial charge in [-0.05, 0) is 50.3 Å². The van der Waals surface area contributed by atoms with E-state index < -0.39 is 28.8 Å². The highest BCUT2D eigenvalue weighted by molar-refractivity contribution is 6.22. The molecule has 1 saturated carbocycles. The minimum Gasteiger partial charge on any atom is -0.459 e. The zero-order valence-electron chi connectivity index (χ0n) is 18.2. The van der Waals surface area contributed by atoms with Gasteiger partial charge in [-0.25, -0.2) is 14.1 Å². The summed E-state index contributed by atoms with van der Waals surface area (Å²) in [5.41, 5.74) is -0.855. The van der Waals surface area contributed by atoms with Crippen LogP contribution in [0.4, 0.5) is 14.9 Å². The van der Waals surface area contributed by atoms with Gasteiger partial charge in [0.1, 0.15) is 11.4 Å². The molecule has 2 aliphatic heterocycles. The summed E-state index contributed by atoms with van der Waals surface area (Å²) in [6.45, 7) is 6.64. The van der Waals surface area contributed by atoms with Crippen LogP contribution in [0.5, 0.6) is 0 Å². The molecule has 0 radical (unpaired) electrons. The van der Waals surface area contributed by atoms with Crippen molar-refractivity contribution in [1.82, 2.24) is 10.2 Å². The van der Waals surface area contributed by atoms with Crippen LogP contribution in [0.3, 0.4) is 0 Å². The van der Waals surface area contributed by atoms with Gasteiger partial charge in [0.2, 0.25) is 5.91 Å². The van der Waals surface area contributed by atoms with Crippen LogP contribution in [0, 0.1) is 11.7 Å². The number of piperidine rings is 1. The number of carbonyl (C=O) groups excluding carboxylic acids is 3. The number of rotatable bonds is 6. The highest BCUT2D eigenvalue weighted by Gasteiger charge is 2.47. The zero-order chi connectivity index (χ0) is 22.2. The number of halogens is 1. The van der Waals surface area contributed by atoms with Crippen molar-refractivity contribution in [1.29, 1.82) is 0 Å². The number of imide groups is 1. The van der Waals surface area contributed by atoms with Crippen molar-refractivity contribution in [2.45, 2.75) is 57.0 Å². The molecular formula is C23H30FN3O4. The number of anilines is 1. The second-order valence-electron chi connectivity index (χ2n) is 9.58. The summed E-state index contributed by atoms with van der Waals surface area (Å²) >= 11 is 0. The van der Waals surface area contributed by atoms with Gasteiger partial charge in [0.15, 0.2) is 0 Å². The first kappa shape index (κ1) is 21.7. The molecule has 7 nitrogen and oxygen atoms in total. The fraction of sp³-hybridized carbons (Fsp3) is 0.609. The molecule has 4 rings (SSSR count). The number of ether oxygens (including phenoxy) is 1. The molecule has 1 aromatic carbocycles. The number of hydrogen-bond donors (Lipinski definition) is 1. The van der Waals surface area contributed by atoms with Gasteiger partial charge in [0, 0.05) is 32.5 Å². The maximum atomic E-state index is 13.8. The van der Waals surface area contributed by atoms with E-state index >= 15 is 0 Å². The van der Waals surface area contributed by atoms with Gasteiger partial charge >= 0.3 is 6.03 Å². The lowest BCUT2D eigenvalue weighted by Crippen LogP contribution is -2.55. The number of carbonyl (C=O) groups is 3. The van der Waals surface area contributed by atoms with Crippen molar-refractivity contribution in [3.63, 3.8) is 0 Å². The van der Waals surface area contributed by atoms with E-state index in [0.717, 1.165) is 30.5 Å². The average Bonchev–Trinajstić information content (AvgIpc) is 2.90. The fourth-order valence-electron chi connectivity index (χ4n) is 4.86. The average molecular weight is 432 g/mol. The summed E-state index contributed by atoms with van der Waals surface area (Å²) < 4.78 is 19.3. The number of likely N-dealkylation sites (tertiary alicyclic amines) is 1. The largest absolute Gasteiger partial charge is 0.459 e. The second kappa shape index (κ2) is 8.22. The molecule has 0 atom stereocenters. The number of hydrogen-bond acceptors (Lipinski definition) is 5. The summed E-state index contributed by atoms with van der Waals surface area (Å²) in [4.78, 5) is 40.5. The summed E-state index contributed by atoms with van der Waals surface area (Å²) in [7, 11) is 0. The quantitative estimate of drug-likeness (QED) is 0.701. The van der Waals surface area contributed by atoms with Gasteiger partial charge in [0.05, 0.1) is 17.6 Å². The molecule has 1 N–H and O–H groups in total. The van der Waals surface area contributed by atoms with Gasteiger partial charge in [-0.15, -0.1) is 0 Å². The highest BCUT2D eigenvalue weighted by Crippen LogP contribution is 2.42. The van der Waals surface area contributed by atoms with E-state index in [2.05, 4.69) is 10.2 Å². The van der Waals surface area contributed by atoms with Crippen molar-refractivity contribution < 1.29 is 23.5 Å². The lowest BCUT2D eigenvalue weighted by molar-refractivity contribution is -0.148. The number of benzene rings is 1. The molecular weight excluding hydrogens is 401 g/mol. The summed E-state index contributed by atoms with van der Waals surface area (Å²) in [6, 6.07) is 3.41. The number of amides is 3. The first-order valence-electron chi connectivity index (χ1n) is 11.0. The van der Waals surface area contributed by atoms with Crippen LogP contribution < -0.4 is 10.2 Å². The molecule has 0 spiro atoms. The molecule has 0 unspecified atom stereocenters. The topological polar surface area (TPSA) is 79.0 Å². The Bertz CT molecular complexity index is 876. The Morgan fingerprint density at radius 2 is 2.00 bits per heavy atom. The number of nitrogens with one attached hydrogen (secondary N) is 1. The Labute approximate surface area is 181 Å². The van der Waals surface area contributed by atoms with E-state index in [1.807, 2.05) is 0 Å². The maximum absolute atomic E-state index is 13.8. The Kier molecular flexibility index (Phi) is 5.77. The molecule has 1 aliphatic carbocycles. The van der Waals surface area contributed by atoms with Gasteiger partial charge in [0.25, 0.3) is 6.47 Å². The van der Waals surface area contributed by atoms with E-state index in [9.17, 15) is 18.8 Å². The van der Waals surface area contributed by atoms with Crippen LogP contribution in [-0.4, -0.2) is 55.1 Å². The van der Waals surface area contributed by atoms with Gasteiger partial charge in [-0.2, -0.15) is 0 Å². The molecule has 2 heterocycles. The standard InChI is InChI=1S/C23H30FN3O4/c1-22(2)18-7-6-17(24)12-19(18)27(20(22)29)21(30)25-14-23(31-15-28)8-10-26(11-9-23)13-16-4-3-5-16/h6-7,12,15-16H,3-5,8-11,13-14H2,1-2H3,(H,25,30). The molecule has 3 amide bonds. The van der Waals surface area contributed by atoms with Gasteiger partial charge in [-0.3, -0.25) is 9.59 Å². The smallest absolute Gasteiger partial charge is 0.328 e. The first-order valence-corrected chi connectivity index (χ1v) is 11.0. The molecule has 1 aromatic rings. The van der Waals surface area contributed by atoms with Crippen LogP contribution in [-0.2, 0) is 19.7 Å². The van der Waals surface area contributed by atoms with Gasteiger partial charge in [-0.1, -0.05) is 12.5 Å². The van der Waals surface area contributed by atoms with E-state index in [0.29, 0.717) is 24.9 Å². The monoisotopic (exact) mass is 431 g/mol. The van der Waals surface area contributed by atoms with E-state index in [1.54, 1.807) is 19.9 Å². The molecule has 0 bridgehead atoms. The van der Waals surface area contributed by atoms with E-state index in [1.165, 1.54) is 31.4 Å². The molecule has 8 heteroatoms. The lowest BCUT2D eigenvalue weighted by Gasteiger charge is -2.42. The Hall–Kier alpha value is -2.48. The van der Waals surface area contributed by atoms with Crippen molar-refractivity contribution in [3.8, 4) is 0 Å². The number of urea groups is 1. The van der Waals surface area contributed by atoms with Crippen LogP contribution in [0.2, 0.25) is 0 Å². The minimum absolute atomic E-state index is 0.108. The molecule has 2 fully saturated rings. The van der Waals surface area contributed by atoms with Gasteiger partial charge < -0.3 is 15.0 Å². The van der Waals surface area contributed by atoms with Crippen LogP contribution in [0.25, 0.3) is 0 Å². The SMILES string of the molecule is CC1(C)C(=O)N(C(=O)NCC2(OC=O)CCN(CC3CCC3)CC2)c2cc(F)ccc21. The minimum atomic E-state index is -0.926. The zero-order valence-corrected chi connectivity index (χ0v) is 18.2. The van der Waals surface area contributed by atoms with Crippen molar-refractivity contribution in [3.05, 3.63) is 29.6 Å². The van der Waals surface area contributed by atoms with Crippen molar-refractivity contribution in [2.24, 2.45) is 5.92 Å². The Balaban J connectivity index is 1.42. The molecule has 0 aromatic heterocycles. The Morgan fingerprint density at radius 3 is 2.61 bits per heavy atom. The van der Waals surface area contributed by atoms with Crippen molar-refractivity contribution in [2.75, 3.05) is 31.1 Å². The normalized spacial score (nSPS) is 22.5. The third-order valence-electron chi connectivity index (χ3n) is 7.18. The summed E-state index contributed by atoms with van der Waals surface area (Å²) in [6.07, 6.45) is 5.10. The second-order valence-corrected chi connectivity index (χ2v) is 9.58. The molecule has 168 valence electrons. The summed E-state index contributed by atoms with van der Waals surface area (Å²) in [5.74, 6) is -0.155. The molecule has 31 heavy (non-hydrogen) atoms. The van der Waals surface area contributed by atoms with Crippen LogP contribution >= 0.6 is 0 Å². The third-order valence-corrected chi connectivity index (χ3v) is 7.18. The van der Waals surface area contributed by atoms with Crippen LogP contribution in [0.1, 0.15) is 51.5 Å². The number of nitrogens with zero attached hydrogens (tertiary/aromatic N) is 2.